The highest BCUT2D eigenvalue weighted by Crippen LogP contribution is 2.38. The highest BCUT2D eigenvalue weighted by atomic mass is 16.2. The molecule has 0 aromatic heterocycles. The van der Waals surface area contributed by atoms with Crippen LogP contribution in [0.15, 0.2) is 33.8 Å². The van der Waals surface area contributed by atoms with Gasteiger partial charge >= 0.3 is 0 Å². The average molecular weight is 497 g/mol. The topological polar surface area (TPSA) is 72.3 Å². The summed E-state index contributed by atoms with van der Waals surface area (Å²) in [5.41, 5.74) is 1.52. The van der Waals surface area contributed by atoms with E-state index in [2.05, 4.69) is 66.4 Å². The maximum Gasteiger partial charge on any atom is 0.246 e. The van der Waals surface area contributed by atoms with Gasteiger partial charge < -0.3 is 10.6 Å². The minimum absolute atomic E-state index is 0.0125. The molecule has 5 rings (SSSR count). The lowest BCUT2D eigenvalue weighted by molar-refractivity contribution is -0.126. The third kappa shape index (κ3) is 6.10. The van der Waals surface area contributed by atoms with Gasteiger partial charge in [0, 0.05) is 31.2 Å². The molecule has 5 aliphatic rings. The van der Waals surface area contributed by atoms with Gasteiger partial charge in [-0.1, -0.05) is 66.2 Å². The van der Waals surface area contributed by atoms with Crippen LogP contribution in [0.5, 0.6) is 0 Å². The van der Waals surface area contributed by atoms with Gasteiger partial charge in [-0.2, -0.15) is 0 Å². The van der Waals surface area contributed by atoms with Crippen LogP contribution in [-0.4, -0.2) is 77.8 Å². The lowest BCUT2D eigenvalue weighted by atomic mass is 9.74. The number of aliphatic imine (C=N–C) groups is 2. The molecule has 2 fully saturated rings. The van der Waals surface area contributed by atoms with E-state index in [0.29, 0.717) is 11.5 Å². The maximum absolute atomic E-state index is 13.5. The first kappa shape index (κ1) is 27.1. The van der Waals surface area contributed by atoms with Crippen molar-refractivity contribution in [3.8, 4) is 0 Å². The number of allylic oxidation sites excluding steroid dienone is 3. The first-order valence-corrected chi connectivity index (χ1v) is 14.4. The highest BCUT2D eigenvalue weighted by Gasteiger charge is 2.39. The number of rotatable bonds is 2. The number of hydrogen-bond donors (Lipinski definition) is 2. The Hall–Kier alpha value is -1.99. The van der Waals surface area contributed by atoms with E-state index in [1.807, 2.05) is 13.8 Å². The molecular formula is C29H48N6O. The summed E-state index contributed by atoms with van der Waals surface area (Å²) < 4.78 is 0. The number of amidine groups is 2. The highest BCUT2D eigenvalue weighted by molar-refractivity contribution is 6.13. The number of nitrogens with zero attached hydrogens (tertiary/aromatic N) is 4. The summed E-state index contributed by atoms with van der Waals surface area (Å²) in [6.07, 6.45) is 13.5. The van der Waals surface area contributed by atoms with Gasteiger partial charge in [-0.05, 0) is 43.4 Å². The quantitative estimate of drug-likeness (QED) is 0.603. The third-order valence-electron chi connectivity index (χ3n) is 8.27. The number of nitrogens with one attached hydrogen (secondary N) is 2. The molecule has 4 atom stereocenters. The zero-order chi connectivity index (χ0) is 25.9. The van der Waals surface area contributed by atoms with Gasteiger partial charge in [0.1, 0.15) is 17.7 Å². The van der Waals surface area contributed by atoms with E-state index in [1.165, 1.54) is 25.7 Å². The molecule has 2 aliphatic carbocycles. The predicted molar refractivity (Wildman–Crippen MR) is 149 cm³/mol. The lowest BCUT2D eigenvalue weighted by Gasteiger charge is -2.48. The van der Waals surface area contributed by atoms with Crippen molar-refractivity contribution in [1.82, 2.24) is 20.4 Å². The fourth-order valence-corrected chi connectivity index (χ4v) is 6.34. The number of hydrogen-bond acceptors (Lipinski definition) is 6. The van der Waals surface area contributed by atoms with Crippen molar-refractivity contribution < 1.29 is 4.79 Å². The zero-order valence-electron chi connectivity index (χ0n) is 23.4. The van der Waals surface area contributed by atoms with E-state index in [0.717, 1.165) is 56.3 Å². The largest absolute Gasteiger partial charge is 0.337 e. The zero-order valence-corrected chi connectivity index (χ0v) is 23.4. The number of amides is 1. The molecule has 0 aromatic carbocycles. The predicted octanol–water partition coefficient (Wildman–Crippen LogP) is 4.12. The Bertz CT molecular complexity index is 917. The Morgan fingerprint density at radius 3 is 2.64 bits per heavy atom. The smallest absolute Gasteiger partial charge is 0.246 e. The second-order valence-electron chi connectivity index (χ2n) is 11.9. The third-order valence-corrected chi connectivity index (χ3v) is 8.27. The Labute approximate surface area is 218 Å². The molecule has 3 aliphatic heterocycles. The molecule has 0 spiro atoms. The molecule has 0 aromatic rings. The van der Waals surface area contributed by atoms with E-state index in [9.17, 15) is 4.79 Å². The van der Waals surface area contributed by atoms with Crippen molar-refractivity contribution in [2.45, 2.75) is 104 Å². The second kappa shape index (κ2) is 11.6. The van der Waals surface area contributed by atoms with Crippen LogP contribution in [0, 0.1) is 11.3 Å². The summed E-state index contributed by atoms with van der Waals surface area (Å²) in [7, 11) is 0. The van der Waals surface area contributed by atoms with Crippen LogP contribution in [-0.2, 0) is 4.79 Å². The fourth-order valence-electron chi connectivity index (χ4n) is 6.34. The summed E-state index contributed by atoms with van der Waals surface area (Å²) in [5.74, 6) is 1.97. The molecule has 2 N–H and O–H groups in total. The van der Waals surface area contributed by atoms with E-state index in [-0.39, 0.29) is 24.0 Å². The van der Waals surface area contributed by atoms with E-state index < -0.39 is 6.04 Å². The number of piperazine rings is 1. The minimum atomic E-state index is -0.417. The van der Waals surface area contributed by atoms with Crippen LogP contribution >= 0.6 is 0 Å². The fraction of sp³-hybridized carbons (Fsp3) is 0.759. The maximum atomic E-state index is 13.5. The van der Waals surface area contributed by atoms with Crippen molar-refractivity contribution in [3.63, 3.8) is 0 Å². The molecule has 1 saturated carbocycles. The van der Waals surface area contributed by atoms with Gasteiger partial charge in [0.15, 0.2) is 0 Å². The standard InChI is InChI=1S/C27H42N6O.C2H6/c1-18(2)24-26(34)30-23-17-32(19-9-8-12-27(3,4)15-19)13-14-33(23)16-22-28-21-11-7-5-6-10-20(21)25(29-22)31-24;1-2/h5-6,10,18-19,21,23-24H,7-9,11-17H2,1-4H3,(H,30,34)(H,28,29,31);1-2H3. The van der Waals surface area contributed by atoms with Crippen LogP contribution in [0.2, 0.25) is 0 Å². The van der Waals surface area contributed by atoms with Gasteiger partial charge in [-0.25, -0.2) is 0 Å². The minimum Gasteiger partial charge on any atom is -0.337 e. The van der Waals surface area contributed by atoms with Crippen molar-refractivity contribution >= 4 is 17.6 Å². The average Bonchev–Trinajstić information content (AvgIpc) is 3.09. The van der Waals surface area contributed by atoms with Gasteiger partial charge in [0.05, 0.1) is 18.8 Å². The molecule has 4 unspecified atom stereocenters. The molecule has 36 heavy (non-hydrogen) atoms. The summed E-state index contributed by atoms with van der Waals surface area (Å²) >= 11 is 0. The Balaban J connectivity index is 0.00000148. The summed E-state index contributed by atoms with van der Waals surface area (Å²) in [4.78, 5) is 28.7. The van der Waals surface area contributed by atoms with E-state index in [4.69, 9.17) is 9.98 Å². The molecule has 1 saturated heterocycles. The molecule has 7 heteroatoms. The number of carbonyl (C=O) groups excluding carboxylic acids is 1. The van der Waals surface area contributed by atoms with Gasteiger partial charge in [0.25, 0.3) is 0 Å². The van der Waals surface area contributed by atoms with Crippen LogP contribution in [0.25, 0.3) is 0 Å². The molecule has 2 bridgehead atoms. The summed E-state index contributed by atoms with van der Waals surface area (Å²) in [6.45, 7) is 16.6. The number of fused-ring (bicyclic) bond motifs is 5. The van der Waals surface area contributed by atoms with Gasteiger partial charge in [-0.15, -0.1) is 0 Å². The van der Waals surface area contributed by atoms with Crippen LogP contribution in [0.3, 0.4) is 0 Å². The molecule has 1 amide bonds. The molecule has 7 nitrogen and oxygen atoms in total. The molecular weight excluding hydrogens is 448 g/mol. The van der Waals surface area contributed by atoms with Crippen molar-refractivity contribution in [3.05, 3.63) is 23.8 Å². The van der Waals surface area contributed by atoms with Gasteiger partial charge in [-0.3, -0.25) is 24.6 Å². The first-order chi connectivity index (χ1) is 17.3. The van der Waals surface area contributed by atoms with Crippen LogP contribution in [0.1, 0.15) is 80.1 Å². The lowest BCUT2D eigenvalue weighted by Crippen LogP contribution is -2.65. The van der Waals surface area contributed by atoms with Gasteiger partial charge in [0.2, 0.25) is 5.91 Å². The monoisotopic (exact) mass is 496 g/mol. The van der Waals surface area contributed by atoms with Crippen molar-refractivity contribution in [2.75, 3.05) is 26.2 Å². The van der Waals surface area contributed by atoms with Crippen molar-refractivity contribution in [2.24, 2.45) is 21.3 Å². The van der Waals surface area contributed by atoms with Crippen LogP contribution in [0.4, 0.5) is 0 Å². The Morgan fingerprint density at radius 1 is 1.11 bits per heavy atom. The molecule has 3 heterocycles. The number of carbonyl (C=O) groups is 1. The first-order valence-electron chi connectivity index (χ1n) is 14.4. The Morgan fingerprint density at radius 2 is 1.89 bits per heavy atom. The second-order valence-corrected chi connectivity index (χ2v) is 11.9. The SMILES string of the molecule is CC.CC(C)C1N=C2NC(=NC3CCC=CC=C23)CN2CCN(C3CCCC(C)(C)C3)CC2NC1=O. The summed E-state index contributed by atoms with van der Waals surface area (Å²) in [5, 5.41) is 6.94. The summed E-state index contributed by atoms with van der Waals surface area (Å²) in [6, 6.07) is 0.309. The molecule has 200 valence electrons. The molecule has 0 radical (unpaired) electrons. The normalized spacial score (nSPS) is 32.8. The Kier molecular flexibility index (Phi) is 8.71. The van der Waals surface area contributed by atoms with Crippen LogP contribution < -0.4 is 10.6 Å². The van der Waals surface area contributed by atoms with E-state index in [1.54, 1.807) is 0 Å². The van der Waals surface area contributed by atoms with E-state index >= 15 is 0 Å². The van der Waals surface area contributed by atoms with Crippen molar-refractivity contribution in [1.29, 1.82) is 0 Å².